The summed E-state index contributed by atoms with van der Waals surface area (Å²) in [7, 11) is -3.30. The van der Waals surface area contributed by atoms with Gasteiger partial charge in [0, 0.05) is 11.8 Å². The van der Waals surface area contributed by atoms with Crippen molar-refractivity contribution in [3.63, 3.8) is 0 Å². The minimum Gasteiger partial charge on any atom is -0.364 e. The van der Waals surface area contributed by atoms with Gasteiger partial charge in [-0.05, 0) is 54.8 Å². The van der Waals surface area contributed by atoms with Crippen LogP contribution in [0.3, 0.4) is 0 Å². The molecule has 1 N–H and O–H groups in total. The smallest absolute Gasteiger partial charge is 0.183 e. The first-order valence-electron chi connectivity index (χ1n) is 7.76. The molecule has 4 nitrogen and oxygen atoms in total. The van der Waals surface area contributed by atoms with Crippen LogP contribution < -0.4 is 0 Å². The number of aliphatic hydroxyl groups excluding tert-OH is 1. The first-order chi connectivity index (χ1) is 11.6. The minimum atomic E-state index is -3.30. The van der Waals surface area contributed by atoms with Crippen molar-refractivity contribution in [1.29, 1.82) is 0 Å². The van der Waals surface area contributed by atoms with E-state index < -0.39 is 27.5 Å². The molecule has 0 spiro atoms. The van der Waals surface area contributed by atoms with Gasteiger partial charge in [-0.3, -0.25) is 0 Å². The van der Waals surface area contributed by atoms with Gasteiger partial charge >= 0.3 is 0 Å². The SMILES string of the molecule is CC1(C)OC(O)C(c2cccc(F)c2)=C1c1ccc(S(C)(=O)=O)cc1. The van der Waals surface area contributed by atoms with Crippen molar-refractivity contribution in [3.8, 4) is 0 Å². The highest BCUT2D eigenvalue weighted by atomic mass is 32.2. The molecule has 0 aliphatic carbocycles. The molecule has 0 saturated carbocycles. The van der Waals surface area contributed by atoms with Gasteiger partial charge in [-0.1, -0.05) is 24.3 Å². The van der Waals surface area contributed by atoms with E-state index >= 15 is 0 Å². The molecule has 0 saturated heterocycles. The highest BCUT2D eigenvalue weighted by Crippen LogP contribution is 2.45. The number of aliphatic hydroxyl groups is 1. The molecule has 2 aromatic rings. The molecular formula is C19H19FO4S. The molecule has 6 heteroatoms. The van der Waals surface area contributed by atoms with Crippen LogP contribution in [0.4, 0.5) is 4.39 Å². The monoisotopic (exact) mass is 362 g/mol. The molecule has 1 heterocycles. The molecule has 0 amide bonds. The molecule has 132 valence electrons. The number of benzene rings is 2. The Hall–Kier alpha value is -2.02. The molecule has 1 unspecified atom stereocenters. The Balaban J connectivity index is 2.20. The Labute approximate surface area is 146 Å². The number of hydrogen-bond acceptors (Lipinski definition) is 4. The third-order valence-corrected chi connectivity index (χ3v) is 5.36. The topological polar surface area (TPSA) is 63.6 Å². The lowest BCUT2D eigenvalue weighted by atomic mass is 9.87. The van der Waals surface area contributed by atoms with E-state index in [9.17, 15) is 17.9 Å². The van der Waals surface area contributed by atoms with Gasteiger partial charge in [-0.25, -0.2) is 12.8 Å². The Morgan fingerprint density at radius 3 is 2.28 bits per heavy atom. The molecule has 2 aromatic carbocycles. The minimum absolute atomic E-state index is 0.210. The van der Waals surface area contributed by atoms with Crippen molar-refractivity contribution < 1.29 is 22.7 Å². The van der Waals surface area contributed by atoms with Crippen LogP contribution in [0.1, 0.15) is 25.0 Å². The third kappa shape index (κ3) is 3.38. The lowest BCUT2D eigenvalue weighted by Crippen LogP contribution is -2.24. The van der Waals surface area contributed by atoms with E-state index in [0.717, 1.165) is 6.26 Å². The summed E-state index contributed by atoms with van der Waals surface area (Å²) < 4.78 is 42.6. The normalized spacial score (nSPS) is 20.1. The molecule has 1 aliphatic rings. The second-order valence-electron chi connectivity index (χ2n) is 6.58. The van der Waals surface area contributed by atoms with Crippen molar-refractivity contribution in [2.75, 3.05) is 6.26 Å². The maximum Gasteiger partial charge on any atom is 0.183 e. The van der Waals surface area contributed by atoms with Crippen LogP contribution >= 0.6 is 0 Å². The molecule has 0 bridgehead atoms. The van der Waals surface area contributed by atoms with Crippen LogP contribution in [-0.4, -0.2) is 31.7 Å². The van der Waals surface area contributed by atoms with Gasteiger partial charge in [0.1, 0.15) is 5.82 Å². The standard InChI is InChI=1S/C19H19FO4S/c1-19(2)17(12-7-9-15(10-8-12)25(3,22)23)16(18(21)24-19)13-5-4-6-14(20)11-13/h4-11,18,21H,1-3H3. The van der Waals surface area contributed by atoms with Gasteiger partial charge < -0.3 is 9.84 Å². The van der Waals surface area contributed by atoms with Crippen LogP contribution in [0.2, 0.25) is 0 Å². The zero-order valence-electron chi connectivity index (χ0n) is 14.2. The summed E-state index contributed by atoms with van der Waals surface area (Å²) in [5, 5.41) is 10.4. The molecular weight excluding hydrogens is 343 g/mol. The summed E-state index contributed by atoms with van der Waals surface area (Å²) in [6.45, 7) is 3.62. The predicted octanol–water partition coefficient (Wildman–Crippen LogP) is 3.27. The van der Waals surface area contributed by atoms with E-state index in [1.807, 2.05) is 13.8 Å². The Bertz CT molecular complexity index is 944. The summed E-state index contributed by atoms with van der Waals surface area (Å²) in [6, 6.07) is 12.3. The van der Waals surface area contributed by atoms with Crippen LogP contribution in [0.15, 0.2) is 53.4 Å². The van der Waals surface area contributed by atoms with E-state index in [1.165, 1.54) is 24.3 Å². The average molecular weight is 362 g/mol. The summed E-state index contributed by atoms with van der Waals surface area (Å²) in [4.78, 5) is 0.210. The fourth-order valence-electron chi connectivity index (χ4n) is 3.16. The molecule has 0 fully saturated rings. The zero-order valence-corrected chi connectivity index (χ0v) is 15.0. The molecule has 0 aromatic heterocycles. The van der Waals surface area contributed by atoms with Crippen molar-refractivity contribution in [1.82, 2.24) is 0 Å². The molecule has 1 atom stereocenters. The highest BCUT2D eigenvalue weighted by molar-refractivity contribution is 7.90. The quantitative estimate of drug-likeness (QED) is 0.910. The average Bonchev–Trinajstić information content (AvgIpc) is 2.75. The summed E-state index contributed by atoms with van der Waals surface area (Å²) in [5.41, 5.74) is 1.61. The van der Waals surface area contributed by atoms with Crippen LogP contribution in [0.5, 0.6) is 0 Å². The third-order valence-electron chi connectivity index (χ3n) is 4.23. The van der Waals surface area contributed by atoms with Gasteiger partial charge in [0.2, 0.25) is 0 Å². The number of rotatable bonds is 3. The number of ether oxygens (including phenoxy) is 1. The summed E-state index contributed by atoms with van der Waals surface area (Å²) >= 11 is 0. The maximum absolute atomic E-state index is 13.6. The van der Waals surface area contributed by atoms with Crippen molar-refractivity contribution >= 4 is 21.0 Å². The fourth-order valence-corrected chi connectivity index (χ4v) is 3.79. The van der Waals surface area contributed by atoms with E-state index in [-0.39, 0.29) is 4.90 Å². The van der Waals surface area contributed by atoms with Crippen molar-refractivity contribution in [2.45, 2.75) is 30.6 Å². The van der Waals surface area contributed by atoms with E-state index in [0.29, 0.717) is 22.3 Å². The second-order valence-corrected chi connectivity index (χ2v) is 8.59. The second kappa shape index (κ2) is 6.05. The van der Waals surface area contributed by atoms with Crippen molar-refractivity contribution in [3.05, 3.63) is 65.5 Å². The van der Waals surface area contributed by atoms with E-state index in [4.69, 9.17) is 4.74 Å². The first kappa shape index (κ1) is 17.8. The van der Waals surface area contributed by atoms with Gasteiger partial charge in [0.05, 0.1) is 10.5 Å². The van der Waals surface area contributed by atoms with E-state index in [1.54, 1.807) is 24.3 Å². The van der Waals surface area contributed by atoms with Gasteiger partial charge in [0.15, 0.2) is 16.1 Å². The summed E-state index contributed by atoms with van der Waals surface area (Å²) in [5.74, 6) is -0.409. The zero-order chi connectivity index (χ0) is 18.4. The number of sulfone groups is 1. The lowest BCUT2D eigenvalue weighted by molar-refractivity contribution is -0.101. The highest BCUT2D eigenvalue weighted by Gasteiger charge is 2.40. The molecule has 3 rings (SSSR count). The number of hydrogen-bond donors (Lipinski definition) is 1. The maximum atomic E-state index is 13.6. The summed E-state index contributed by atoms with van der Waals surface area (Å²) in [6.07, 6.45) is -0.0485. The molecule has 25 heavy (non-hydrogen) atoms. The molecule has 0 radical (unpaired) electrons. The Morgan fingerprint density at radius 1 is 1.08 bits per heavy atom. The van der Waals surface area contributed by atoms with Crippen molar-refractivity contribution in [2.24, 2.45) is 0 Å². The van der Waals surface area contributed by atoms with Crippen LogP contribution in [0, 0.1) is 5.82 Å². The first-order valence-corrected chi connectivity index (χ1v) is 9.66. The van der Waals surface area contributed by atoms with Gasteiger partial charge in [0.25, 0.3) is 0 Å². The largest absolute Gasteiger partial charge is 0.364 e. The van der Waals surface area contributed by atoms with Crippen LogP contribution in [0.25, 0.3) is 11.1 Å². The molecule has 1 aliphatic heterocycles. The lowest BCUT2D eigenvalue weighted by Gasteiger charge is -2.22. The fraction of sp³-hybridized carbons (Fsp3) is 0.263. The predicted molar refractivity (Wildman–Crippen MR) is 93.9 cm³/mol. The Kier molecular flexibility index (Phi) is 4.31. The Morgan fingerprint density at radius 2 is 1.72 bits per heavy atom. The number of halogens is 1. The van der Waals surface area contributed by atoms with Crippen LogP contribution in [-0.2, 0) is 14.6 Å². The van der Waals surface area contributed by atoms with Gasteiger partial charge in [-0.2, -0.15) is 0 Å². The van der Waals surface area contributed by atoms with Gasteiger partial charge in [-0.15, -0.1) is 0 Å². The van der Waals surface area contributed by atoms with E-state index in [2.05, 4.69) is 0 Å².